The number of urea groups is 1. The van der Waals surface area contributed by atoms with Crippen LogP contribution >= 0.6 is 11.6 Å². The van der Waals surface area contributed by atoms with E-state index in [4.69, 9.17) is 11.6 Å². The summed E-state index contributed by atoms with van der Waals surface area (Å²) < 4.78 is 0. The molecule has 5 heteroatoms. The molecule has 2 N–H and O–H groups in total. The summed E-state index contributed by atoms with van der Waals surface area (Å²) >= 11 is 5.24. The summed E-state index contributed by atoms with van der Waals surface area (Å²) in [4.78, 5) is 22.0. The van der Waals surface area contributed by atoms with E-state index in [2.05, 4.69) is 10.6 Å². The Balaban J connectivity index is 2.40. The number of imide groups is 1. The van der Waals surface area contributed by atoms with Crippen molar-refractivity contribution >= 4 is 23.5 Å². The predicted molar refractivity (Wildman–Crippen MR) is 62.3 cm³/mol. The van der Waals surface area contributed by atoms with Gasteiger partial charge in [0, 0.05) is 6.54 Å². The quantitative estimate of drug-likeness (QED) is 0.788. The molecular weight excluding hydrogens is 228 g/mol. The summed E-state index contributed by atoms with van der Waals surface area (Å²) in [5.74, 6) is -0.735. The number of aryl methyl sites for hydroxylation is 1. The van der Waals surface area contributed by atoms with Crippen LogP contribution in [-0.2, 0) is 11.3 Å². The molecule has 0 saturated carbocycles. The molecule has 16 heavy (non-hydrogen) atoms. The third-order valence-electron chi connectivity index (χ3n) is 1.91. The van der Waals surface area contributed by atoms with Crippen molar-refractivity contribution < 1.29 is 9.59 Å². The van der Waals surface area contributed by atoms with E-state index >= 15 is 0 Å². The minimum atomic E-state index is -0.535. The van der Waals surface area contributed by atoms with E-state index < -0.39 is 11.9 Å². The first-order chi connectivity index (χ1) is 7.61. The van der Waals surface area contributed by atoms with Crippen LogP contribution in [0.3, 0.4) is 0 Å². The Morgan fingerprint density at radius 3 is 2.75 bits per heavy atom. The monoisotopic (exact) mass is 240 g/mol. The van der Waals surface area contributed by atoms with Crippen LogP contribution in [-0.4, -0.2) is 17.8 Å². The van der Waals surface area contributed by atoms with Crippen molar-refractivity contribution in [2.75, 3.05) is 5.88 Å². The molecule has 0 aliphatic heterocycles. The van der Waals surface area contributed by atoms with Crippen LogP contribution in [0.15, 0.2) is 24.3 Å². The number of amides is 3. The van der Waals surface area contributed by atoms with Gasteiger partial charge in [-0.2, -0.15) is 0 Å². The molecule has 0 fully saturated rings. The van der Waals surface area contributed by atoms with E-state index in [0.717, 1.165) is 11.1 Å². The standard InChI is InChI=1S/C11H13ClN2O2/c1-8-3-2-4-9(5-8)7-13-11(16)14-10(15)6-12/h2-5H,6-7H2,1H3,(H2,13,14,15,16). The first kappa shape index (κ1) is 12.5. The molecule has 0 bridgehead atoms. The average Bonchev–Trinajstić information content (AvgIpc) is 2.26. The molecule has 0 aliphatic rings. The van der Waals surface area contributed by atoms with Gasteiger partial charge in [-0.25, -0.2) is 4.79 Å². The van der Waals surface area contributed by atoms with Crippen molar-refractivity contribution in [1.29, 1.82) is 0 Å². The molecule has 0 heterocycles. The second kappa shape index (κ2) is 6.12. The molecule has 3 amide bonds. The van der Waals surface area contributed by atoms with Crippen LogP contribution < -0.4 is 10.6 Å². The molecular formula is C11H13ClN2O2. The van der Waals surface area contributed by atoms with Crippen LogP contribution in [0, 0.1) is 6.92 Å². The number of hydrogen-bond donors (Lipinski definition) is 2. The van der Waals surface area contributed by atoms with Crippen LogP contribution in [0.5, 0.6) is 0 Å². The van der Waals surface area contributed by atoms with E-state index in [-0.39, 0.29) is 5.88 Å². The number of carbonyl (C=O) groups excluding carboxylic acids is 2. The first-order valence-corrected chi connectivity index (χ1v) is 5.34. The first-order valence-electron chi connectivity index (χ1n) is 4.81. The van der Waals surface area contributed by atoms with Crippen LogP contribution in [0.2, 0.25) is 0 Å². The molecule has 0 radical (unpaired) electrons. The van der Waals surface area contributed by atoms with Gasteiger partial charge < -0.3 is 5.32 Å². The van der Waals surface area contributed by atoms with E-state index in [9.17, 15) is 9.59 Å². The minimum absolute atomic E-state index is 0.224. The smallest absolute Gasteiger partial charge is 0.321 e. The molecule has 0 saturated heterocycles. The summed E-state index contributed by atoms with van der Waals surface area (Å²) in [7, 11) is 0. The van der Waals surface area contributed by atoms with Crippen LogP contribution in [0.1, 0.15) is 11.1 Å². The molecule has 0 atom stereocenters. The zero-order chi connectivity index (χ0) is 12.0. The molecule has 4 nitrogen and oxygen atoms in total. The van der Waals surface area contributed by atoms with Crippen molar-refractivity contribution in [1.82, 2.24) is 10.6 Å². The number of nitrogens with one attached hydrogen (secondary N) is 2. The molecule has 0 spiro atoms. The van der Waals surface area contributed by atoms with E-state index in [1.807, 2.05) is 31.2 Å². The van der Waals surface area contributed by atoms with Crippen molar-refractivity contribution in [3.63, 3.8) is 0 Å². The lowest BCUT2D eigenvalue weighted by Gasteiger charge is -2.06. The lowest BCUT2D eigenvalue weighted by Crippen LogP contribution is -2.39. The predicted octanol–water partition coefficient (Wildman–Crippen LogP) is 1.56. The van der Waals surface area contributed by atoms with E-state index in [1.54, 1.807) is 0 Å². The van der Waals surface area contributed by atoms with Gasteiger partial charge in [-0.3, -0.25) is 10.1 Å². The molecule has 1 rings (SSSR count). The van der Waals surface area contributed by atoms with Gasteiger partial charge in [0.15, 0.2) is 0 Å². The van der Waals surface area contributed by atoms with Gasteiger partial charge in [0.1, 0.15) is 5.88 Å². The van der Waals surface area contributed by atoms with E-state index in [1.165, 1.54) is 0 Å². The zero-order valence-electron chi connectivity index (χ0n) is 8.92. The van der Waals surface area contributed by atoms with Crippen molar-refractivity contribution in [3.05, 3.63) is 35.4 Å². The Morgan fingerprint density at radius 2 is 2.12 bits per heavy atom. The summed E-state index contributed by atoms with van der Waals surface area (Å²) in [5.41, 5.74) is 2.10. The summed E-state index contributed by atoms with van der Waals surface area (Å²) in [5, 5.41) is 4.66. The third kappa shape index (κ3) is 4.31. The molecule has 0 aromatic heterocycles. The van der Waals surface area contributed by atoms with Gasteiger partial charge >= 0.3 is 6.03 Å². The van der Waals surface area contributed by atoms with Crippen LogP contribution in [0.25, 0.3) is 0 Å². The Hall–Kier alpha value is -1.55. The minimum Gasteiger partial charge on any atom is -0.334 e. The van der Waals surface area contributed by atoms with Gasteiger partial charge in [0.25, 0.3) is 0 Å². The summed E-state index contributed by atoms with van der Waals surface area (Å²) in [6.45, 7) is 2.35. The fraction of sp³-hybridized carbons (Fsp3) is 0.273. The number of rotatable bonds is 3. The highest BCUT2D eigenvalue weighted by Crippen LogP contribution is 2.02. The molecule has 0 unspecified atom stereocenters. The van der Waals surface area contributed by atoms with Crippen molar-refractivity contribution in [2.45, 2.75) is 13.5 Å². The molecule has 86 valence electrons. The maximum Gasteiger partial charge on any atom is 0.321 e. The number of benzene rings is 1. The number of halogens is 1. The lowest BCUT2D eigenvalue weighted by molar-refractivity contribution is -0.117. The topological polar surface area (TPSA) is 58.2 Å². The Bertz CT molecular complexity index is 393. The zero-order valence-corrected chi connectivity index (χ0v) is 9.67. The van der Waals surface area contributed by atoms with Gasteiger partial charge in [-0.15, -0.1) is 11.6 Å². The number of hydrogen-bond acceptors (Lipinski definition) is 2. The van der Waals surface area contributed by atoms with Crippen molar-refractivity contribution in [2.24, 2.45) is 0 Å². The number of carbonyl (C=O) groups is 2. The molecule has 1 aromatic rings. The highest BCUT2D eigenvalue weighted by atomic mass is 35.5. The second-order valence-corrected chi connectivity index (χ2v) is 3.62. The maximum absolute atomic E-state index is 11.2. The maximum atomic E-state index is 11.2. The average molecular weight is 241 g/mol. The largest absolute Gasteiger partial charge is 0.334 e. The van der Waals surface area contributed by atoms with Crippen molar-refractivity contribution in [3.8, 4) is 0 Å². The summed E-state index contributed by atoms with van der Waals surface area (Å²) in [6, 6.07) is 7.21. The normalized spacial score (nSPS) is 9.62. The third-order valence-corrected chi connectivity index (χ3v) is 2.15. The van der Waals surface area contributed by atoms with E-state index in [0.29, 0.717) is 6.54 Å². The van der Waals surface area contributed by atoms with Crippen LogP contribution in [0.4, 0.5) is 4.79 Å². The highest BCUT2D eigenvalue weighted by molar-refractivity contribution is 6.28. The van der Waals surface area contributed by atoms with Gasteiger partial charge in [0.2, 0.25) is 5.91 Å². The lowest BCUT2D eigenvalue weighted by atomic mass is 10.1. The Labute approximate surface area is 99.0 Å². The summed E-state index contributed by atoms with van der Waals surface area (Å²) in [6.07, 6.45) is 0. The Kier molecular flexibility index (Phi) is 4.79. The second-order valence-electron chi connectivity index (χ2n) is 3.35. The number of alkyl halides is 1. The van der Waals surface area contributed by atoms with Gasteiger partial charge in [0.05, 0.1) is 0 Å². The van der Waals surface area contributed by atoms with Gasteiger partial charge in [-0.1, -0.05) is 29.8 Å². The fourth-order valence-electron chi connectivity index (χ4n) is 1.21. The highest BCUT2D eigenvalue weighted by Gasteiger charge is 2.05. The fourth-order valence-corrected chi connectivity index (χ4v) is 1.28. The Morgan fingerprint density at radius 1 is 1.38 bits per heavy atom. The SMILES string of the molecule is Cc1cccc(CNC(=O)NC(=O)CCl)c1. The molecule has 1 aromatic carbocycles. The molecule has 0 aliphatic carbocycles. The van der Waals surface area contributed by atoms with Gasteiger partial charge in [-0.05, 0) is 12.5 Å².